The standard InChI is InChI=1S/C15H19ClN6/c1-20-9-11-8-12(16)2-3-13(11)22-14(10-20)18-19-15(22)21-6-4-17-5-7-21/h2-3,8,17H,4-7,9-10H2,1H3. The van der Waals surface area contributed by atoms with E-state index in [4.69, 9.17) is 11.6 Å². The van der Waals surface area contributed by atoms with E-state index in [0.717, 1.165) is 61.8 Å². The van der Waals surface area contributed by atoms with Crippen LogP contribution in [0.5, 0.6) is 0 Å². The molecular weight excluding hydrogens is 300 g/mol. The molecule has 116 valence electrons. The summed E-state index contributed by atoms with van der Waals surface area (Å²) >= 11 is 6.19. The molecular formula is C15H19ClN6. The predicted molar refractivity (Wildman–Crippen MR) is 86.6 cm³/mol. The highest BCUT2D eigenvalue weighted by atomic mass is 35.5. The van der Waals surface area contributed by atoms with Crippen LogP contribution in [0.1, 0.15) is 11.4 Å². The zero-order chi connectivity index (χ0) is 15.1. The summed E-state index contributed by atoms with van der Waals surface area (Å²) in [5, 5.41) is 13.1. The SMILES string of the molecule is CN1Cc2cc(Cl)ccc2-n2c(nnc2N2CCNCC2)C1. The van der Waals surface area contributed by atoms with Gasteiger partial charge in [-0.15, -0.1) is 10.2 Å². The number of rotatable bonds is 1. The van der Waals surface area contributed by atoms with Crippen LogP contribution in [0.3, 0.4) is 0 Å². The average molecular weight is 319 g/mol. The van der Waals surface area contributed by atoms with Gasteiger partial charge in [0.2, 0.25) is 5.95 Å². The summed E-state index contributed by atoms with van der Waals surface area (Å²) in [7, 11) is 2.10. The number of benzene rings is 1. The van der Waals surface area contributed by atoms with Crippen LogP contribution in [-0.2, 0) is 13.1 Å². The number of anilines is 1. The number of piperazine rings is 1. The molecule has 0 amide bonds. The molecule has 0 saturated carbocycles. The third-order valence-corrected chi connectivity index (χ3v) is 4.48. The third kappa shape index (κ3) is 2.37. The van der Waals surface area contributed by atoms with E-state index in [1.165, 1.54) is 5.56 Å². The molecule has 6 nitrogen and oxygen atoms in total. The highest BCUT2D eigenvalue weighted by molar-refractivity contribution is 6.30. The van der Waals surface area contributed by atoms with Crippen molar-refractivity contribution in [2.45, 2.75) is 13.1 Å². The quantitative estimate of drug-likeness (QED) is 0.858. The Balaban J connectivity index is 1.85. The lowest BCUT2D eigenvalue weighted by molar-refractivity contribution is 0.315. The highest BCUT2D eigenvalue weighted by Gasteiger charge is 2.25. The van der Waals surface area contributed by atoms with Gasteiger partial charge in [0.1, 0.15) is 0 Å². The lowest BCUT2D eigenvalue weighted by Crippen LogP contribution is -2.44. The number of nitrogens with zero attached hydrogens (tertiary/aromatic N) is 5. The largest absolute Gasteiger partial charge is 0.338 e. The molecule has 1 N–H and O–H groups in total. The Morgan fingerprint density at radius 1 is 1.14 bits per heavy atom. The molecule has 2 aliphatic heterocycles. The minimum atomic E-state index is 0.771. The Hall–Kier alpha value is -1.63. The Morgan fingerprint density at radius 2 is 1.95 bits per heavy atom. The lowest BCUT2D eigenvalue weighted by Gasteiger charge is -2.28. The summed E-state index contributed by atoms with van der Waals surface area (Å²) < 4.78 is 2.19. The van der Waals surface area contributed by atoms with Crippen LogP contribution in [0.2, 0.25) is 5.02 Å². The van der Waals surface area contributed by atoms with Crippen molar-refractivity contribution in [3.63, 3.8) is 0 Å². The van der Waals surface area contributed by atoms with Gasteiger partial charge >= 0.3 is 0 Å². The number of hydrogen-bond donors (Lipinski definition) is 1. The molecule has 0 radical (unpaired) electrons. The van der Waals surface area contributed by atoms with E-state index < -0.39 is 0 Å². The molecule has 1 aromatic carbocycles. The molecule has 1 fully saturated rings. The Morgan fingerprint density at radius 3 is 2.77 bits per heavy atom. The molecule has 0 unspecified atom stereocenters. The van der Waals surface area contributed by atoms with Crippen molar-refractivity contribution < 1.29 is 0 Å². The maximum atomic E-state index is 6.19. The second-order valence-corrected chi connectivity index (χ2v) is 6.37. The van der Waals surface area contributed by atoms with Crippen LogP contribution in [0, 0.1) is 0 Å². The lowest BCUT2D eigenvalue weighted by atomic mass is 10.1. The monoisotopic (exact) mass is 318 g/mol. The van der Waals surface area contributed by atoms with Gasteiger partial charge in [0.05, 0.1) is 12.2 Å². The van der Waals surface area contributed by atoms with Crippen LogP contribution in [0.4, 0.5) is 5.95 Å². The maximum absolute atomic E-state index is 6.19. The second kappa shape index (κ2) is 5.53. The molecule has 0 atom stereocenters. The van der Waals surface area contributed by atoms with Gasteiger partial charge in [-0.05, 0) is 30.8 Å². The van der Waals surface area contributed by atoms with Gasteiger partial charge < -0.3 is 10.2 Å². The number of fused-ring (bicyclic) bond motifs is 3. The van der Waals surface area contributed by atoms with Gasteiger partial charge in [-0.25, -0.2) is 0 Å². The summed E-state index contributed by atoms with van der Waals surface area (Å²) in [4.78, 5) is 4.54. The van der Waals surface area contributed by atoms with E-state index in [2.05, 4.69) is 43.0 Å². The molecule has 7 heteroatoms. The normalized spacial score (nSPS) is 18.7. The first kappa shape index (κ1) is 14.0. The van der Waals surface area contributed by atoms with Gasteiger partial charge in [0.15, 0.2) is 5.82 Å². The van der Waals surface area contributed by atoms with Gasteiger partial charge in [-0.3, -0.25) is 9.47 Å². The van der Waals surface area contributed by atoms with Crippen LogP contribution < -0.4 is 10.2 Å². The van der Waals surface area contributed by atoms with Crippen LogP contribution >= 0.6 is 11.6 Å². The zero-order valence-corrected chi connectivity index (χ0v) is 13.3. The van der Waals surface area contributed by atoms with Crippen molar-refractivity contribution >= 4 is 17.5 Å². The molecule has 0 spiro atoms. The minimum Gasteiger partial charge on any atom is -0.338 e. The maximum Gasteiger partial charge on any atom is 0.232 e. The Bertz CT molecular complexity index is 691. The van der Waals surface area contributed by atoms with E-state index >= 15 is 0 Å². The van der Waals surface area contributed by atoms with Crippen LogP contribution in [0.25, 0.3) is 5.69 Å². The average Bonchev–Trinajstić information content (AvgIpc) is 2.86. The van der Waals surface area contributed by atoms with E-state index in [-0.39, 0.29) is 0 Å². The van der Waals surface area contributed by atoms with Crippen molar-refractivity contribution in [2.75, 3.05) is 38.1 Å². The van der Waals surface area contributed by atoms with Crippen molar-refractivity contribution in [2.24, 2.45) is 0 Å². The van der Waals surface area contributed by atoms with E-state index in [0.29, 0.717) is 0 Å². The molecule has 22 heavy (non-hydrogen) atoms. The first-order chi connectivity index (χ1) is 10.7. The van der Waals surface area contributed by atoms with Gasteiger partial charge in [0, 0.05) is 37.7 Å². The number of halogens is 1. The molecule has 4 rings (SSSR count). The first-order valence-corrected chi connectivity index (χ1v) is 7.97. The van der Waals surface area contributed by atoms with E-state index in [1.54, 1.807) is 0 Å². The third-order valence-electron chi connectivity index (χ3n) is 4.25. The van der Waals surface area contributed by atoms with E-state index in [9.17, 15) is 0 Å². The number of aromatic nitrogens is 3. The van der Waals surface area contributed by atoms with E-state index in [1.807, 2.05) is 12.1 Å². The fraction of sp³-hybridized carbons (Fsp3) is 0.467. The predicted octanol–water partition coefficient (Wildman–Crippen LogP) is 1.28. The molecule has 2 aromatic rings. The molecule has 1 aromatic heterocycles. The summed E-state index contributed by atoms with van der Waals surface area (Å²) in [6.45, 7) is 5.52. The fourth-order valence-electron chi connectivity index (χ4n) is 3.21. The topological polar surface area (TPSA) is 49.2 Å². The fourth-order valence-corrected chi connectivity index (χ4v) is 3.41. The van der Waals surface area contributed by atoms with Crippen LogP contribution in [-0.4, -0.2) is 52.9 Å². The second-order valence-electron chi connectivity index (χ2n) is 5.93. The zero-order valence-electron chi connectivity index (χ0n) is 12.6. The smallest absolute Gasteiger partial charge is 0.232 e. The van der Waals surface area contributed by atoms with Gasteiger partial charge in [0.25, 0.3) is 0 Å². The summed E-state index contributed by atoms with van der Waals surface area (Å²) in [5.41, 5.74) is 2.35. The summed E-state index contributed by atoms with van der Waals surface area (Å²) in [5.74, 6) is 1.92. The highest BCUT2D eigenvalue weighted by Crippen LogP contribution is 2.29. The molecule has 0 aliphatic carbocycles. The number of hydrogen-bond acceptors (Lipinski definition) is 5. The summed E-state index contributed by atoms with van der Waals surface area (Å²) in [6.07, 6.45) is 0. The summed E-state index contributed by atoms with van der Waals surface area (Å²) in [6, 6.07) is 6.07. The Labute approximate surface area is 134 Å². The van der Waals surface area contributed by atoms with Crippen molar-refractivity contribution in [1.29, 1.82) is 0 Å². The molecule has 3 heterocycles. The van der Waals surface area contributed by atoms with Gasteiger partial charge in [-0.1, -0.05) is 11.6 Å². The van der Waals surface area contributed by atoms with Crippen molar-refractivity contribution in [3.8, 4) is 5.69 Å². The minimum absolute atomic E-state index is 0.771. The van der Waals surface area contributed by atoms with Crippen molar-refractivity contribution in [3.05, 3.63) is 34.6 Å². The molecule has 0 bridgehead atoms. The molecule has 1 saturated heterocycles. The van der Waals surface area contributed by atoms with Crippen molar-refractivity contribution in [1.82, 2.24) is 25.0 Å². The van der Waals surface area contributed by atoms with Gasteiger partial charge in [-0.2, -0.15) is 0 Å². The Kier molecular flexibility index (Phi) is 3.52. The molecule has 2 aliphatic rings. The first-order valence-electron chi connectivity index (χ1n) is 7.59. The van der Waals surface area contributed by atoms with Crippen LogP contribution in [0.15, 0.2) is 18.2 Å². The number of nitrogens with one attached hydrogen (secondary N) is 1.